The maximum absolute atomic E-state index is 13.0. The number of rotatable bonds is 5. The number of β-amino-alcohol motifs (C(OH)–C–C–N with tert-alkyl or cyclic N) is 1. The first-order valence-electron chi connectivity index (χ1n) is 8.10. The number of methoxy groups -OCH3 is 1. The van der Waals surface area contributed by atoms with Gasteiger partial charge >= 0.3 is 0 Å². The molecule has 0 spiro atoms. The molecule has 1 aromatic carbocycles. The van der Waals surface area contributed by atoms with Crippen LogP contribution in [0.1, 0.15) is 29.3 Å². The number of nitrogens with zero attached hydrogens (tertiary/aromatic N) is 3. The van der Waals surface area contributed by atoms with Gasteiger partial charge in [-0.3, -0.25) is 4.90 Å². The normalized spacial score (nSPS) is 21.8. The molecule has 2 heterocycles. The molecule has 1 N–H and O–H groups in total. The van der Waals surface area contributed by atoms with E-state index in [1.165, 1.54) is 12.1 Å². The molecule has 0 radical (unpaired) electrons. The maximum atomic E-state index is 13.0. The molecule has 2 aromatic rings. The van der Waals surface area contributed by atoms with Crippen LogP contribution in [0.2, 0.25) is 0 Å². The van der Waals surface area contributed by atoms with E-state index in [4.69, 9.17) is 4.74 Å². The maximum Gasteiger partial charge on any atom is 0.153 e. The topological polar surface area (TPSA) is 58.5 Å². The van der Waals surface area contributed by atoms with Crippen molar-refractivity contribution in [3.05, 3.63) is 59.4 Å². The van der Waals surface area contributed by atoms with Gasteiger partial charge in [0.15, 0.2) is 5.82 Å². The molecule has 0 bridgehead atoms. The van der Waals surface area contributed by atoms with E-state index in [1.54, 1.807) is 31.6 Å². The minimum Gasteiger partial charge on any atom is -0.391 e. The van der Waals surface area contributed by atoms with E-state index in [2.05, 4.69) is 14.9 Å². The van der Waals surface area contributed by atoms with Crippen LogP contribution in [0.5, 0.6) is 0 Å². The van der Waals surface area contributed by atoms with Crippen molar-refractivity contribution in [2.75, 3.05) is 20.2 Å². The van der Waals surface area contributed by atoms with E-state index in [0.29, 0.717) is 25.5 Å². The lowest BCUT2D eigenvalue weighted by atomic mass is 9.87. The van der Waals surface area contributed by atoms with Gasteiger partial charge in [0.25, 0.3) is 0 Å². The average molecular weight is 331 g/mol. The summed E-state index contributed by atoms with van der Waals surface area (Å²) in [6.07, 6.45) is 3.99. The Hall–Kier alpha value is -1.89. The lowest BCUT2D eigenvalue weighted by molar-refractivity contribution is 0.0475. The van der Waals surface area contributed by atoms with Crippen LogP contribution in [-0.4, -0.2) is 46.3 Å². The number of likely N-dealkylation sites (tertiary alicyclic amines) is 1. The van der Waals surface area contributed by atoms with Crippen molar-refractivity contribution in [3.8, 4) is 0 Å². The van der Waals surface area contributed by atoms with Crippen molar-refractivity contribution in [1.82, 2.24) is 14.9 Å². The fraction of sp³-hybridized carbons (Fsp3) is 0.444. The van der Waals surface area contributed by atoms with Crippen LogP contribution in [0.3, 0.4) is 0 Å². The van der Waals surface area contributed by atoms with E-state index in [9.17, 15) is 9.50 Å². The summed E-state index contributed by atoms with van der Waals surface area (Å²) in [5, 5.41) is 10.5. The predicted molar refractivity (Wildman–Crippen MR) is 87.8 cm³/mol. The summed E-state index contributed by atoms with van der Waals surface area (Å²) in [5.41, 5.74) is 2.01. The number of aliphatic hydroxyl groups is 1. The lowest BCUT2D eigenvalue weighted by Crippen LogP contribution is -2.42. The lowest BCUT2D eigenvalue weighted by Gasteiger charge is -2.36. The van der Waals surface area contributed by atoms with Gasteiger partial charge in [-0.25, -0.2) is 14.4 Å². The monoisotopic (exact) mass is 331 g/mol. The molecule has 0 saturated carbocycles. The summed E-state index contributed by atoms with van der Waals surface area (Å²) in [4.78, 5) is 10.7. The standard InChI is InChI=1S/C18H22FN3O2/c1-24-12-18-20-8-13(9-21-18)10-22-7-6-16(17(23)11-22)14-2-4-15(19)5-3-14/h2-5,8-9,16-17,23H,6-7,10-12H2,1H3/t16-,17+/m0/s1. The predicted octanol–water partition coefficient (Wildman–Crippen LogP) is 2.11. The van der Waals surface area contributed by atoms with E-state index in [-0.39, 0.29) is 11.7 Å². The van der Waals surface area contributed by atoms with Crippen LogP contribution in [0, 0.1) is 5.82 Å². The zero-order valence-electron chi connectivity index (χ0n) is 13.7. The Morgan fingerprint density at radius 1 is 1.25 bits per heavy atom. The Morgan fingerprint density at radius 3 is 2.58 bits per heavy atom. The van der Waals surface area contributed by atoms with Crippen molar-refractivity contribution < 1.29 is 14.2 Å². The second-order valence-corrected chi connectivity index (χ2v) is 6.19. The van der Waals surface area contributed by atoms with Gasteiger partial charge in [-0.05, 0) is 30.7 Å². The minimum absolute atomic E-state index is 0.0576. The molecule has 0 unspecified atom stereocenters. The molecule has 1 aliphatic rings. The third-order valence-electron chi connectivity index (χ3n) is 4.40. The number of hydrogen-bond donors (Lipinski definition) is 1. The highest BCUT2D eigenvalue weighted by molar-refractivity contribution is 5.22. The summed E-state index contributed by atoms with van der Waals surface area (Å²) < 4.78 is 18.0. The van der Waals surface area contributed by atoms with Crippen molar-refractivity contribution in [1.29, 1.82) is 0 Å². The van der Waals surface area contributed by atoms with Gasteiger partial charge in [-0.15, -0.1) is 0 Å². The molecule has 6 heteroatoms. The minimum atomic E-state index is -0.460. The molecule has 24 heavy (non-hydrogen) atoms. The fourth-order valence-corrected chi connectivity index (χ4v) is 3.16. The highest BCUT2D eigenvalue weighted by Crippen LogP contribution is 2.29. The third kappa shape index (κ3) is 4.14. The molecule has 0 amide bonds. The Kier molecular flexibility index (Phi) is 5.50. The van der Waals surface area contributed by atoms with Crippen molar-refractivity contribution in [2.24, 2.45) is 0 Å². The van der Waals surface area contributed by atoms with Crippen molar-refractivity contribution >= 4 is 0 Å². The van der Waals surface area contributed by atoms with Crippen LogP contribution >= 0.6 is 0 Å². The Labute approximate surface area is 141 Å². The van der Waals surface area contributed by atoms with E-state index >= 15 is 0 Å². The molecular weight excluding hydrogens is 309 g/mol. The number of piperidine rings is 1. The van der Waals surface area contributed by atoms with Crippen LogP contribution in [0.4, 0.5) is 4.39 Å². The summed E-state index contributed by atoms with van der Waals surface area (Å²) in [6, 6.07) is 6.43. The third-order valence-corrected chi connectivity index (χ3v) is 4.40. The van der Waals surface area contributed by atoms with Gasteiger partial charge in [0, 0.05) is 44.1 Å². The largest absolute Gasteiger partial charge is 0.391 e. The highest BCUT2D eigenvalue weighted by Gasteiger charge is 2.28. The van der Waals surface area contributed by atoms with Crippen LogP contribution in [0.25, 0.3) is 0 Å². The van der Waals surface area contributed by atoms with Gasteiger partial charge in [-0.1, -0.05) is 12.1 Å². The highest BCUT2D eigenvalue weighted by atomic mass is 19.1. The van der Waals surface area contributed by atoms with Gasteiger partial charge in [-0.2, -0.15) is 0 Å². The Bertz CT molecular complexity index is 648. The number of benzene rings is 1. The zero-order valence-corrected chi connectivity index (χ0v) is 13.7. The number of ether oxygens (including phenoxy) is 1. The molecule has 5 nitrogen and oxygen atoms in total. The number of aromatic nitrogens is 2. The first-order chi connectivity index (χ1) is 11.7. The van der Waals surface area contributed by atoms with Gasteiger partial charge in [0.2, 0.25) is 0 Å². The molecule has 2 atom stereocenters. The van der Waals surface area contributed by atoms with E-state index < -0.39 is 6.10 Å². The molecule has 1 saturated heterocycles. The number of aliphatic hydroxyl groups excluding tert-OH is 1. The molecule has 1 aliphatic heterocycles. The second-order valence-electron chi connectivity index (χ2n) is 6.19. The molecule has 0 aliphatic carbocycles. The van der Waals surface area contributed by atoms with Gasteiger partial charge in [0.05, 0.1) is 6.10 Å². The van der Waals surface area contributed by atoms with Crippen LogP contribution in [0.15, 0.2) is 36.7 Å². The van der Waals surface area contributed by atoms with Crippen molar-refractivity contribution in [2.45, 2.75) is 31.6 Å². The van der Waals surface area contributed by atoms with E-state index in [1.807, 2.05) is 0 Å². The molecule has 1 aromatic heterocycles. The average Bonchev–Trinajstić information content (AvgIpc) is 2.58. The van der Waals surface area contributed by atoms with E-state index in [0.717, 1.165) is 24.1 Å². The Morgan fingerprint density at radius 2 is 1.96 bits per heavy atom. The van der Waals surface area contributed by atoms with Gasteiger partial charge in [0.1, 0.15) is 12.4 Å². The van der Waals surface area contributed by atoms with Crippen molar-refractivity contribution in [3.63, 3.8) is 0 Å². The zero-order chi connectivity index (χ0) is 16.9. The summed E-state index contributed by atoms with van der Waals surface area (Å²) in [7, 11) is 1.62. The Balaban J connectivity index is 1.58. The van der Waals surface area contributed by atoms with Gasteiger partial charge < -0.3 is 9.84 Å². The molecule has 3 rings (SSSR count). The molecule has 128 valence electrons. The first-order valence-corrected chi connectivity index (χ1v) is 8.10. The molecular formula is C18H22FN3O2. The molecule has 1 fully saturated rings. The first kappa shape index (κ1) is 17.0. The quantitative estimate of drug-likeness (QED) is 0.909. The second kappa shape index (κ2) is 7.79. The fourth-order valence-electron chi connectivity index (χ4n) is 3.16. The van der Waals surface area contributed by atoms with Crippen LogP contribution in [-0.2, 0) is 17.9 Å². The summed E-state index contributed by atoms with van der Waals surface area (Å²) in [6.45, 7) is 2.57. The number of halogens is 1. The summed E-state index contributed by atoms with van der Waals surface area (Å²) >= 11 is 0. The van der Waals surface area contributed by atoms with Crippen LogP contribution < -0.4 is 0 Å². The number of hydrogen-bond acceptors (Lipinski definition) is 5. The smallest absolute Gasteiger partial charge is 0.153 e. The SMILES string of the molecule is COCc1ncc(CN2CC[C@@H](c3ccc(F)cc3)[C@H](O)C2)cn1. The summed E-state index contributed by atoms with van der Waals surface area (Å²) in [5.74, 6) is 0.473.